The smallest absolute Gasteiger partial charge is 2.00 e. The van der Waals surface area contributed by atoms with Crippen molar-refractivity contribution in [3.8, 4) is 0 Å². The topological polar surface area (TPSA) is 85.5 Å². The van der Waals surface area contributed by atoms with Gasteiger partial charge in [0.05, 0.1) is 0 Å². The molecule has 0 unspecified atom stereocenters. The van der Waals surface area contributed by atoms with Gasteiger partial charge in [-0.15, -0.1) is 0 Å². The van der Waals surface area contributed by atoms with Crippen molar-refractivity contribution < 1.29 is 96.6 Å². The zero-order valence-corrected chi connectivity index (χ0v) is 9.81. The fraction of sp³-hybridized carbons (Fsp3) is 0. The van der Waals surface area contributed by atoms with Gasteiger partial charge in [0.25, 0.3) is 0 Å². The maximum absolute atomic E-state index is 0. The summed E-state index contributed by atoms with van der Waals surface area (Å²) in [6.07, 6.45) is 0. The molecule has 0 heterocycles. The Hall–Kier alpha value is 2.57. The van der Waals surface area contributed by atoms with Crippen LogP contribution in [0.25, 0.3) is 0 Å². The zero-order chi connectivity index (χ0) is 0. The van der Waals surface area contributed by atoms with Gasteiger partial charge in [0.1, 0.15) is 0 Å². The average molecular weight is 289 g/mol. The largest absolute Gasteiger partial charge is 4.00 e. The van der Waals surface area contributed by atoms with E-state index in [1.54, 1.807) is 0 Å². The summed E-state index contributed by atoms with van der Waals surface area (Å²) >= 11 is 0. The van der Waals surface area contributed by atoms with Gasteiger partial charge in [-0.1, -0.05) is 0 Å². The van der Waals surface area contributed by atoms with Crippen LogP contribution in [0.1, 0.15) is 0 Å². The van der Waals surface area contributed by atoms with Crippen molar-refractivity contribution in [2.24, 2.45) is 0 Å². The van der Waals surface area contributed by atoms with E-state index in [4.69, 9.17) is 0 Å². The Labute approximate surface area is 95.0 Å². The molecule has 0 radical (unpaired) electrons. The van der Waals surface area contributed by atoms with Crippen LogP contribution in [0.2, 0.25) is 0 Å². The second kappa shape index (κ2) is 49.5. The number of hydrogen-bond acceptors (Lipinski definition) is 0. The molecule has 0 rings (SSSR count). The van der Waals surface area contributed by atoms with Gasteiger partial charge in [0.15, 0.2) is 0 Å². The molecular weight excluding hydrogens is 289 g/mol. The molecule has 0 aliphatic heterocycles. The Balaban J connectivity index is 0. The summed E-state index contributed by atoms with van der Waals surface area (Å²) in [6, 6.07) is 0. The maximum atomic E-state index is 0. The third kappa shape index (κ3) is 30.9. The summed E-state index contributed by atoms with van der Waals surface area (Å²) in [6.45, 7) is 0. The van der Waals surface area contributed by atoms with Gasteiger partial charge < -0.3 is 16.4 Å². The molecule has 6 heteroatoms. The van der Waals surface area contributed by atoms with Gasteiger partial charge in [-0.05, 0) is 0 Å². The molecule has 0 bridgehead atoms. The molecule has 0 aliphatic rings. The second-order valence-electron chi connectivity index (χ2n) is 0. The quantitative estimate of drug-likeness (QED) is 0.397. The molecule has 0 fully saturated rings. The summed E-state index contributed by atoms with van der Waals surface area (Å²) in [5, 5.41) is 0. The molecule has 0 spiro atoms. The normalized spacial score (nSPS) is 0. The van der Waals surface area contributed by atoms with Crippen LogP contribution in [0.5, 0.6) is 0 Å². The van der Waals surface area contributed by atoms with Crippen LogP contribution in [-0.2, 0) is 37.5 Å². The van der Waals surface area contributed by atoms with Crippen LogP contribution in [0.15, 0.2) is 0 Å². The fourth-order valence-electron chi connectivity index (χ4n) is 0. The van der Waals surface area contributed by atoms with E-state index < -0.39 is 0 Å². The van der Waals surface area contributed by atoms with E-state index in [2.05, 4.69) is 0 Å². The molecule has 0 aromatic heterocycles. The first-order chi connectivity index (χ1) is 0. The molecule has 0 N–H and O–H groups in total. The van der Waals surface area contributed by atoms with Crippen molar-refractivity contribution in [2.45, 2.75) is 0 Å². The number of hydrogen-bond donors (Lipinski definition) is 0. The standard InChI is InChI=1S/2Na.3O.Pt/q2*+1;3*-2;+4. The summed E-state index contributed by atoms with van der Waals surface area (Å²) in [5.74, 6) is 0. The SMILES string of the molecule is [Na+].[Na+].[O-2].[O-2].[O-2].[Pt+4]. The fourth-order valence-corrected chi connectivity index (χ4v) is 0. The summed E-state index contributed by atoms with van der Waals surface area (Å²) in [5.41, 5.74) is 0. The summed E-state index contributed by atoms with van der Waals surface area (Å²) in [7, 11) is 0. The molecular formula is Na2O3Pt. The predicted molar refractivity (Wildman–Crippen MR) is 2.06 cm³/mol. The Morgan fingerprint density at radius 3 is 0.500 bits per heavy atom. The van der Waals surface area contributed by atoms with E-state index in [0.717, 1.165) is 0 Å². The van der Waals surface area contributed by atoms with Crippen molar-refractivity contribution in [1.29, 1.82) is 0 Å². The average Bonchev–Trinajstić information content (AvgIpc) is 0. The first kappa shape index (κ1) is 74.4. The third-order valence-electron chi connectivity index (χ3n) is 0. The zero-order valence-electron chi connectivity index (χ0n) is 3.54. The molecule has 0 amide bonds. The van der Waals surface area contributed by atoms with Crippen molar-refractivity contribution >= 4 is 0 Å². The molecule has 6 heavy (non-hydrogen) atoms. The van der Waals surface area contributed by atoms with E-state index in [1.165, 1.54) is 0 Å². The van der Waals surface area contributed by atoms with E-state index in [-0.39, 0.29) is 96.6 Å². The molecule has 0 aromatic rings. The molecule has 30 valence electrons. The summed E-state index contributed by atoms with van der Waals surface area (Å²) < 4.78 is 0. The van der Waals surface area contributed by atoms with Gasteiger partial charge in [-0.2, -0.15) is 0 Å². The molecule has 3 nitrogen and oxygen atoms in total. The first-order valence-corrected chi connectivity index (χ1v) is 0. The monoisotopic (exact) mass is 289 g/mol. The van der Waals surface area contributed by atoms with E-state index in [0.29, 0.717) is 0 Å². The minimum absolute atomic E-state index is 0. The Kier molecular flexibility index (Phi) is 614. The van der Waals surface area contributed by atoms with Crippen molar-refractivity contribution in [2.75, 3.05) is 0 Å². The minimum atomic E-state index is 0. The second-order valence-corrected chi connectivity index (χ2v) is 0. The van der Waals surface area contributed by atoms with Gasteiger partial charge in [0.2, 0.25) is 0 Å². The van der Waals surface area contributed by atoms with Crippen LogP contribution >= 0.6 is 0 Å². The summed E-state index contributed by atoms with van der Waals surface area (Å²) in [4.78, 5) is 0. The first-order valence-electron chi connectivity index (χ1n) is 0. The molecule has 0 aliphatic carbocycles. The van der Waals surface area contributed by atoms with E-state index >= 15 is 0 Å². The van der Waals surface area contributed by atoms with Crippen LogP contribution in [0.4, 0.5) is 0 Å². The third-order valence-corrected chi connectivity index (χ3v) is 0. The molecule has 0 saturated carbocycles. The molecule has 0 saturated heterocycles. The van der Waals surface area contributed by atoms with Gasteiger partial charge in [-0.25, -0.2) is 0 Å². The van der Waals surface area contributed by atoms with Gasteiger partial charge in [-0.3, -0.25) is 0 Å². The predicted octanol–water partition coefficient (Wildman–Crippen LogP) is -6.35. The Morgan fingerprint density at radius 2 is 0.500 bits per heavy atom. The minimum Gasteiger partial charge on any atom is -2.00 e. The number of rotatable bonds is 0. The van der Waals surface area contributed by atoms with E-state index in [1.807, 2.05) is 0 Å². The van der Waals surface area contributed by atoms with Crippen molar-refractivity contribution in [1.82, 2.24) is 0 Å². The molecule has 0 aromatic carbocycles. The van der Waals surface area contributed by atoms with Crippen LogP contribution in [-0.4, -0.2) is 0 Å². The van der Waals surface area contributed by atoms with Crippen LogP contribution in [0, 0.1) is 0 Å². The van der Waals surface area contributed by atoms with Crippen LogP contribution < -0.4 is 59.1 Å². The van der Waals surface area contributed by atoms with Crippen molar-refractivity contribution in [3.05, 3.63) is 0 Å². The van der Waals surface area contributed by atoms with Crippen molar-refractivity contribution in [3.63, 3.8) is 0 Å². The Bertz CT molecular complexity index is 8.75. The van der Waals surface area contributed by atoms with Gasteiger partial charge in [0, 0.05) is 0 Å². The maximum Gasteiger partial charge on any atom is 4.00 e. The molecule has 0 atom stereocenters. The van der Waals surface area contributed by atoms with Crippen LogP contribution in [0.3, 0.4) is 0 Å². The Morgan fingerprint density at radius 1 is 0.500 bits per heavy atom. The van der Waals surface area contributed by atoms with E-state index in [9.17, 15) is 0 Å². The van der Waals surface area contributed by atoms with Gasteiger partial charge >= 0.3 is 80.2 Å².